The quantitative estimate of drug-likeness (QED) is 0.863. The van der Waals surface area contributed by atoms with E-state index in [2.05, 4.69) is 17.1 Å². The first-order chi connectivity index (χ1) is 12.1. The number of benzene rings is 1. The zero-order valence-electron chi connectivity index (χ0n) is 15.4. The van der Waals surface area contributed by atoms with E-state index in [0.29, 0.717) is 18.5 Å². The normalized spacial score (nSPS) is 27.0. The van der Waals surface area contributed by atoms with Crippen LogP contribution in [0.25, 0.3) is 0 Å². The van der Waals surface area contributed by atoms with Crippen molar-refractivity contribution in [3.63, 3.8) is 0 Å². The van der Waals surface area contributed by atoms with Gasteiger partial charge in [0.05, 0.1) is 12.6 Å². The van der Waals surface area contributed by atoms with Crippen molar-refractivity contribution in [2.75, 3.05) is 19.6 Å². The first kappa shape index (κ1) is 18.4. The van der Waals surface area contributed by atoms with Crippen LogP contribution in [0.2, 0.25) is 0 Å². The topological polar surface area (TPSA) is 52.6 Å². The summed E-state index contributed by atoms with van der Waals surface area (Å²) in [5, 5.41) is 13.8. The Bertz CT molecular complexity index is 532. The Morgan fingerprint density at radius 1 is 1.12 bits per heavy atom. The number of carbonyl (C=O) groups is 1. The Morgan fingerprint density at radius 2 is 1.76 bits per heavy atom. The molecule has 2 fully saturated rings. The molecule has 138 valence electrons. The molecule has 0 aromatic heterocycles. The Hall–Kier alpha value is -1.39. The van der Waals surface area contributed by atoms with Crippen LogP contribution in [0, 0.1) is 11.8 Å². The van der Waals surface area contributed by atoms with Crippen LogP contribution >= 0.6 is 0 Å². The molecule has 0 radical (unpaired) electrons. The molecule has 1 aliphatic heterocycles. The van der Waals surface area contributed by atoms with Crippen molar-refractivity contribution < 1.29 is 9.90 Å². The van der Waals surface area contributed by atoms with E-state index >= 15 is 0 Å². The van der Waals surface area contributed by atoms with Crippen molar-refractivity contribution in [2.24, 2.45) is 11.8 Å². The number of aliphatic hydroxyl groups is 1. The first-order valence-electron chi connectivity index (χ1n) is 9.86. The number of nitrogens with zero attached hydrogens (tertiary/aromatic N) is 1. The van der Waals surface area contributed by atoms with Crippen molar-refractivity contribution in [1.29, 1.82) is 0 Å². The maximum atomic E-state index is 12.3. The maximum absolute atomic E-state index is 12.3. The summed E-state index contributed by atoms with van der Waals surface area (Å²) in [5.41, 5.74) is 1.00. The standard InChI is InChI=1S/C21H32N2O2/c1-16-7-9-19(10-8-16)22-20(24)15-23-13-11-18(12-14-23)21(25)17-5-3-2-4-6-17/h2-6,16,18-19,21,25H,7-15H2,1H3,(H,22,24). The second-order valence-electron chi connectivity index (χ2n) is 7.99. The third-order valence-electron chi connectivity index (χ3n) is 5.97. The van der Waals surface area contributed by atoms with Gasteiger partial charge in [0, 0.05) is 6.04 Å². The molecule has 1 amide bonds. The van der Waals surface area contributed by atoms with Crippen LogP contribution < -0.4 is 5.32 Å². The van der Waals surface area contributed by atoms with Gasteiger partial charge in [-0.1, -0.05) is 37.3 Å². The highest BCUT2D eigenvalue weighted by atomic mass is 16.3. The molecule has 1 heterocycles. The lowest BCUT2D eigenvalue weighted by Crippen LogP contribution is -2.45. The van der Waals surface area contributed by atoms with Gasteiger partial charge in [-0.25, -0.2) is 0 Å². The summed E-state index contributed by atoms with van der Waals surface area (Å²) in [4.78, 5) is 14.5. The van der Waals surface area contributed by atoms with Gasteiger partial charge in [0.25, 0.3) is 0 Å². The molecule has 1 unspecified atom stereocenters. The number of likely N-dealkylation sites (tertiary alicyclic amines) is 1. The van der Waals surface area contributed by atoms with Crippen LogP contribution in [0.15, 0.2) is 30.3 Å². The number of piperidine rings is 1. The van der Waals surface area contributed by atoms with Gasteiger partial charge in [-0.15, -0.1) is 0 Å². The van der Waals surface area contributed by atoms with E-state index in [1.54, 1.807) is 0 Å². The molecule has 1 saturated heterocycles. The number of amides is 1. The number of hydrogen-bond acceptors (Lipinski definition) is 3. The van der Waals surface area contributed by atoms with Gasteiger partial charge in [-0.05, 0) is 69.0 Å². The van der Waals surface area contributed by atoms with Crippen LogP contribution in [0.1, 0.15) is 57.1 Å². The Balaban J connectivity index is 1.39. The molecule has 1 aromatic carbocycles. The number of hydrogen-bond donors (Lipinski definition) is 2. The average Bonchev–Trinajstić information content (AvgIpc) is 2.64. The van der Waals surface area contributed by atoms with Gasteiger partial charge in [0.15, 0.2) is 0 Å². The van der Waals surface area contributed by atoms with Crippen LogP contribution in [0.4, 0.5) is 0 Å². The highest BCUT2D eigenvalue weighted by Gasteiger charge is 2.27. The van der Waals surface area contributed by atoms with Gasteiger partial charge < -0.3 is 10.4 Å². The molecule has 2 N–H and O–H groups in total. The van der Waals surface area contributed by atoms with Crippen molar-refractivity contribution >= 4 is 5.91 Å². The molecule has 3 rings (SSSR count). The minimum Gasteiger partial charge on any atom is -0.388 e. The van der Waals surface area contributed by atoms with E-state index in [4.69, 9.17) is 0 Å². The lowest BCUT2D eigenvalue weighted by Gasteiger charge is -2.34. The summed E-state index contributed by atoms with van der Waals surface area (Å²) in [6.07, 6.45) is 6.22. The zero-order chi connectivity index (χ0) is 17.6. The summed E-state index contributed by atoms with van der Waals surface area (Å²) in [5.74, 6) is 1.27. The largest absolute Gasteiger partial charge is 0.388 e. The van der Waals surface area contributed by atoms with Gasteiger partial charge >= 0.3 is 0 Å². The van der Waals surface area contributed by atoms with Crippen molar-refractivity contribution in [2.45, 2.75) is 57.6 Å². The smallest absolute Gasteiger partial charge is 0.234 e. The second-order valence-corrected chi connectivity index (χ2v) is 7.99. The fourth-order valence-electron chi connectivity index (χ4n) is 4.23. The van der Waals surface area contributed by atoms with Crippen LogP contribution in [-0.4, -0.2) is 41.6 Å². The van der Waals surface area contributed by atoms with Crippen molar-refractivity contribution in [3.05, 3.63) is 35.9 Å². The van der Waals surface area contributed by atoms with E-state index in [1.807, 2.05) is 30.3 Å². The molecular weight excluding hydrogens is 312 g/mol. The van der Waals surface area contributed by atoms with Gasteiger partial charge in [-0.3, -0.25) is 9.69 Å². The van der Waals surface area contributed by atoms with Gasteiger partial charge in [-0.2, -0.15) is 0 Å². The van der Waals surface area contributed by atoms with E-state index in [0.717, 1.165) is 50.3 Å². The van der Waals surface area contributed by atoms with E-state index in [1.165, 1.54) is 12.8 Å². The molecule has 1 aromatic rings. The molecule has 4 nitrogen and oxygen atoms in total. The summed E-state index contributed by atoms with van der Waals surface area (Å²) in [6.45, 7) is 4.58. The minimum atomic E-state index is -0.388. The number of nitrogens with one attached hydrogen (secondary N) is 1. The fourth-order valence-corrected chi connectivity index (χ4v) is 4.23. The van der Waals surface area contributed by atoms with Crippen LogP contribution in [-0.2, 0) is 4.79 Å². The molecular formula is C21H32N2O2. The zero-order valence-corrected chi connectivity index (χ0v) is 15.4. The van der Waals surface area contributed by atoms with Crippen LogP contribution in [0.3, 0.4) is 0 Å². The minimum absolute atomic E-state index is 0.168. The first-order valence-corrected chi connectivity index (χ1v) is 9.86. The lowest BCUT2D eigenvalue weighted by atomic mass is 9.87. The fraction of sp³-hybridized carbons (Fsp3) is 0.667. The molecule has 25 heavy (non-hydrogen) atoms. The number of carbonyl (C=O) groups excluding carboxylic acids is 1. The average molecular weight is 344 g/mol. The van der Waals surface area contributed by atoms with Crippen LogP contribution in [0.5, 0.6) is 0 Å². The highest BCUT2D eigenvalue weighted by Crippen LogP contribution is 2.30. The number of rotatable bonds is 5. The molecule has 0 spiro atoms. The molecule has 1 saturated carbocycles. The third-order valence-corrected chi connectivity index (χ3v) is 5.97. The Morgan fingerprint density at radius 3 is 2.40 bits per heavy atom. The summed E-state index contributed by atoms with van der Waals surface area (Å²) < 4.78 is 0. The Labute approximate surface area is 151 Å². The number of aliphatic hydroxyl groups excluding tert-OH is 1. The predicted octanol–water partition coefficient (Wildman–Crippen LogP) is 3.13. The molecule has 0 bridgehead atoms. The molecule has 1 atom stereocenters. The van der Waals surface area contributed by atoms with E-state index in [9.17, 15) is 9.90 Å². The maximum Gasteiger partial charge on any atom is 0.234 e. The third kappa shape index (κ3) is 5.29. The van der Waals surface area contributed by atoms with Crippen molar-refractivity contribution in [3.8, 4) is 0 Å². The SMILES string of the molecule is CC1CCC(NC(=O)CN2CCC(C(O)c3ccccc3)CC2)CC1. The van der Waals surface area contributed by atoms with Gasteiger partial charge in [0.2, 0.25) is 5.91 Å². The van der Waals surface area contributed by atoms with E-state index < -0.39 is 0 Å². The highest BCUT2D eigenvalue weighted by molar-refractivity contribution is 5.78. The second kappa shape index (κ2) is 8.81. The lowest BCUT2D eigenvalue weighted by molar-refractivity contribution is -0.123. The molecule has 4 heteroatoms. The van der Waals surface area contributed by atoms with Gasteiger partial charge in [0.1, 0.15) is 0 Å². The Kier molecular flexibility index (Phi) is 6.49. The van der Waals surface area contributed by atoms with Crippen molar-refractivity contribution in [1.82, 2.24) is 10.2 Å². The monoisotopic (exact) mass is 344 g/mol. The summed E-state index contributed by atoms with van der Waals surface area (Å²) in [7, 11) is 0. The summed E-state index contributed by atoms with van der Waals surface area (Å²) in [6, 6.07) is 10.3. The van der Waals surface area contributed by atoms with E-state index in [-0.39, 0.29) is 12.0 Å². The summed E-state index contributed by atoms with van der Waals surface area (Å²) >= 11 is 0. The molecule has 2 aliphatic rings. The molecule has 1 aliphatic carbocycles. The predicted molar refractivity (Wildman–Crippen MR) is 100 cm³/mol.